The van der Waals surface area contributed by atoms with Gasteiger partial charge in [-0.15, -0.1) is 0 Å². The first-order valence-corrected chi connectivity index (χ1v) is 6.66. The maximum Gasteiger partial charge on any atom is 0.339 e. The van der Waals surface area contributed by atoms with E-state index in [0.717, 1.165) is 0 Å². The van der Waals surface area contributed by atoms with E-state index in [4.69, 9.17) is 16.3 Å². The van der Waals surface area contributed by atoms with Gasteiger partial charge in [-0.1, -0.05) is 29.8 Å². The topological polar surface area (TPSA) is 72.8 Å². The third-order valence-corrected chi connectivity index (χ3v) is 3.46. The van der Waals surface area contributed by atoms with Crippen molar-refractivity contribution in [1.82, 2.24) is 0 Å². The van der Waals surface area contributed by atoms with E-state index in [1.165, 1.54) is 26.4 Å². The van der Waals surface area contributed by atoms with Crippen LogP contribution in [0.4, 0.5) is 0 Å². The SMILES string of the molecule is COC(=O)c1cc(-c2cccc(C(=O)O)c2OC)ccc1Cl. The molecule has 0 fully saturated rings. The Morgan fingerprint density at radius 2 is 1.82 bits per heavy atom. The predicted octanol–water partition coefficient (Wildman–Crippen LogP) is 3.50. The molecule has 0 saturated heterocycles. The molecule has 0 atom stereocenters. The van der Waals surface area contributed by atoms with E-state index in [1.807, 2.05) is 0 Å². The van der Waals surface area contributed by atoms with Gasteiger partial charge in [0.25, 0.3) is 0 Å². The van der Waals surface area contributed by atoms with Crippen LogP contribution in [0.5, 0.6) is 5.75 Å². The number of rotatable bonds is 4. The van der Waals surface area contributed by atoms with Gasteiger partial charge in [0.15, 0.2) is 0 Å². The molecule has 0 unspecified atom stereocenters. The van der Waals surface area contributed by atoms with Crippen molar-refractivity contribution in [1.29, 1.82) is 0 Å². The van der Waals surface area contributed by atoms with E-state index in [2.05, 4.69) is 4.74 Å². The van der Waals surface area contributed by atoms with Gasteiger partial charge in [-0.25, -0.2) is 9.59 Å². The number of carboxylic acid groups (broad SMARTS) is 1. The lowest BCUT2D eigenvalue weighted by Gasteiger charge is -2.12. The highest BCUT2D eigenvalue weighted by molar-refractivity contribution is 6.33. The Kier molecular flexibility index (Phi) is 4.68. The van der Waals surface area contributed by atoms with Crippen LogP contribution >= 0.6 is 11.6 Å². The summed E-state index contributed by atoms with van der Waals surface area (Å²) in [7, 11) is 2.65. The molecule has 0 spiro atoms. The van der Waals surface area contributed by atoms with Gasteiger partial charge in [-0.2, -0.15) is 0 Å². The molecule has 0 aliphatic heterocycles. The molecular weight excluding hydrogens is 308 g/mol. The summed E-state index contributed by atoms with van der Waals surface area (Å²) in [6, 6.07) is 9.52. The molecular formula is C16H13ClO5. The van der Waals surface area contributed by atoms with Crippen molar-refractivity contribution in [2.75, 3.05) is 14.2 Å². The largest absolute Gasteiger partial charge is 0.495 e. The quantitative estimate of drug-likeness (QED) is 0.873. The van der Waals surface area contributed by atoms with Crippen molar-refractivity contribution >= 4 is 23.5 Å². The van der Waals surface area contributed by atoms with E-state index < -0.39 is 11.9 Å². The van der Waals surface area contributed by atoms with Crippen molar-refractivity contribution in [3.8, 4) is 16.9 Å². The molecule has 22 heavy (non-hydrogen) atoms. The van der Waals surface area contributed by atoms with Crippen LogP contribution < -0.4 is 4.74 Å². The number of ether oxygens (including phenoxy) is 2. The van der Waals surface area contributed by atoms with Crippen LogP contribution in [-0.4, -0.2) is 31.3 Å². The predicted molar refractivity (Wildman–Crippen MR) is 81.7 cm³/mol. The maximum atomic E-state index is 11.7. The molecule has 0 aromatic heterocycles. The summed E-state index contributed by atoms with van der Waals surface area (Å²) in [4.78, 5) is 23.0. The highest BCUT2D eigenvalue weighted by Gasteiger charge is 2.18. The molecule has 0 heterocycles. The number of esters is 1. The molecule has 0 amide bonds. The van der Waals surface area contributed by atoms with Crippen molar-refractivity contribution in [2.45, 2.75) is 0 Å². The second-order valence-electron chi connectivity index (χ2n) is 4.38. The summed E-state index contributed by atoms with van der Waals surface area (Å²) in [6.07, 6.45) is 0. The van der Waals surface area contributed by atoms with Crippen LogP contribution in [-0.2, 0) is 4.74 Å². The molecule has 114 valence electrons. The number of carbonyl (C=O) groups excluding carboxylic acids is 1. The second-order valence-corrected chi connectivity index (χ2v) is 4.78. The van der Waals surface area contributed by atoms with Crippen molar-refractivity contribution < 1.29 is 24.2 Å². The minimum atomic E-state index is -1.10. The molecule has 0 aliphatic rings. The van der Waals surface area contributed by atoms with Crippen molar-refractivity contribution in [2.24, 2.45) is 0 Å². The Labute approximate surface area is 132 Å². The maximum absolute atomic E-state index is 11.7. The second kappa shape index (κ2) is 6.49. The molecule has 2 aromatic carbocycles. The average molecular weight is 321 g/mol. The van der Waals surface area contributed by atoms with Gasteiger partial charge >= 0.3 is 11.9 Å². The van der Waals surface area contributed by atoms with Gasteiger partial charge in [0.05, 0.1) is 24.8 Å². The lowest BCUT2D eigenvalue weighted by Crippen LogP contribution is -2.04. The zero-order valence-electron chi connectivity index (χ0n) is 11.9. The summed E-state index contributed by atoms with van der Waals surface area (Å²) < 4.78 is 9.90. The fourth-order valence-electron chi connectivity index (χ4n) is 2.11. The fraction of sp³-hybridized carbons (Fsp3) is 0.125. The number of benzene rings is 2. The third kappa shape index (κ3) is 2.89. The molecule has 2 aromatic rings. The zero-order valence-corrected chi connectivity index (χ0v) is 12.7. The van der Waals surface area contributed by atoms with Gasteiger partial charge in [0.2, 0.25) is 0 Å². The molecule has 5 nitrogen and oxygen atoms in total. The molecule has 2 rings (SSSR count). The van der Waals surface area contributed by atoms with Crippen molar-refractivity contribution in [3.05, 3.63) is 52.5 Å². The Morgan fingerprint density at radius 3 is 2.41 bits per heavy atom. The molecule has 0 bridgehead atoms. The van der Waals surface area contributed by atoms with Crippen LogP contribution in [0, 0.1) is 0 Å². The van der Waals surface area contributed by atoms with E-state index in [1.54, 1.807) is 24.3 Å². The van der Waals surface area contributed by atoms with Gasteiger partial charge in [0, 0.05) is 5.56 Å². The van der Waals surface area contributed by atoms with E-state index in [9.17, 15) is 14.7 Å². The monoisotopic (exact) mass is 320 g/mol. The van der Waals surface area contributed by atoms with Gasteiger partial charge in [-0.3, -0.25) is 0 Å². The summed E-state index contributed by atoms with van der Waals surface area (Å²) >= 11 is 5.99. The first kappa shape index (κ1) is 15.9. The molecule has 0 radical (unpaired) electrons. The van der Waals surface area contributed by atoms with Crippen LogP contribution in [0.1, 0.15) is 20.7 Å². The van der Waals surface area contributed by atoms with Crippen LogP contribution in [0.25, 0.3) is 11.1 Å². The summed E-state index contributed by atoms with van der Waals surface area (Å²) in [5, 5.41) is 9.47. The smallest absolute Gasteiger partial charge is 0.339 e. The Bertz CT molecular complexity index is 739. The minimum Gasteiger partial charge on any atom is -0.495 e. The van der Waals surface area contributed by atoms with Crippen LogP contribution in [0.15, 0.2) is 36.4 Å². The molecule has 1 N–H and O–H groups in total. The van der Waals surface area contributed by atoms with Gasteiger partial charge in [0.1, 0.15) is 11.3 Å². The first-order valence-electron chi connectivity index (χ1n) is 6.28. The lowest BCUT2D eigenvalue weighted by molar-refractivity contribution is 0.0600. The lowest BCUT2D eigenvalue weighted by atomic mass is 9.99. The first-order chi connectivity index (χ1) is 10.5. The molecule has 0 saturated carbocycles. The summed E-state index contributed by atoms with van der Waals surface area (Å²) in [5.74, 6) is -1.45. The number of aromatic carboxylic acids is 1. The minimum absolute atomic E-state index is 0.0366. The number of para-hydroxylation sites is 1. The Balaban J connectivity index is 2.64. The van der Waals surface area contributed by atoms with Crippen molar-refractivity contribution in [3.63, 3.8) is 0 Å². The highest BCUT2D eigenvalue weighted by atomic mass is 35.5. The van der Waals surface area contributed by atoms with E-state index in [-0.39, 0.29) is 21.9 Å². The van der Waals surface area contributed by atoms with E-state index >= 15 is 0 Å². The third-order valence-electron chi connectivity index (χ3n) is 3.13. The number of halogens is 1. The van der Waals surface area contributed by atoms with Gasteiger partial charge < -0.3 is 14.6 Å². The zero-order chi connectivity index (χ0) is 16.3. The van der Waals surface area contributed by atoms with Gasteiger partial charge in [-0.05, 0) is 23.8 Å². The number of hydrogen-bond acceptors (Lipinski definition) is 4. The Morgan fingerprint density at radius 1 is 1.09 bits per heavy atom. The summed E-state index contributed by atoms with van der Waals surface area (Å²) in [5.41, 5.74) is 1.38. The standard InChI is InChI=1S/C16H13ClO5/c1-21-14-10(4-3-5-11(14)15(18)19)9-6-7-13(17)12(8-9)16(20)22-2/h3-8H,1-2H3,(H,18,19). The summed E-state index contributed by atoms with van der Waals surface area (Å²) in [6.45, 7) is 0. The number of carboxylic acids is 1. The normalized spacial score (nSPS) is 10.1. The number of hydrogen-bond donors (Lipinski definition) is 1. The fourth-order valence-corrected chi connectivity index (χ4v) is 2.31. The number of carbonyl (C=O) groups is 2. The Hall–Kier alpha value is -2.53. The van der Waals surface area contributed by atoms with Crippen LogP contribution in [0.3, 0.4) is 0 Å². The average Bonchev–Trinajstić information content (AvgIpc) is 2.53. The molecule has 0 aliphatic carbocycles. The highest BCUT2D eigenvalue weighted by Crippen LogP contribution is 2.35. The molecule has 6 heteroatoms. The van der Waals surface area contributed by atoms with Crippen LogP contribution in [0.2, 0.25) is 5.02 Å². The van der Waals surface area contributed by atoms with E-state index in [0.29, 0.717) is 11.1 Å². The number of methoxy groups -OCH3 is 2.